The highest BCUT2D eigenvalue weighted by atomic mass is 16.5. The molecule has 2 atom stereocenters. The third-order valence-electron chi connectivity index (χ3n) is 2.57. The van der Waals surface area contributed by atoms with Crippen LogP contribution < -0.4 is 11.1 Å². The summed E-state index contributed by atoms with van der Waals surface area (Å²) in [6.07, 6.45) is 5.72. The zero-order valence-corrected chi connectivity index (χ0v) is 8.81. The van der Waals surface area contributed by atoms with Crippen molar-refractivity contribution in [3.63, 3.8) is 0 Å². The van der Waals surface area contributed by atoms with E-state index < -0.39 is 0 Å². The van der Waals surface area contributed by atoms with E-state index in [9.17, 15) is 0 Å². The van der Waals surface area contributed by atoms with Crippen LogP contribution in [0.4, 0.5) is 11.6 Å². The van der Waals surface area contributed by atoms with E-state index in [0.29, 0.717) is 5.82 Å². The van der Waals surface area contributed by atoms with Gasteiger partial charge in [-0.3, -0.25) is 0 Å². The summed E-state index contributed by atoms with van der Waals surface area (Å²) in [5.74, 6) is 1.18. The van der Waals surface area contributed by atoms with Gasteiger partial charge in [-0.1, -0.05) is 0 Å². The summed E-state index contributed by atoms with van der Waals surface area (Å²) in [5.41, 5.74) is 5.45. The highest BCUT2D eigenvalue weighted by Gasteiger charge is 2.22. The van der Waals surface area contributed by atoms with Crippen LogP contribution in [0.5, 0.6) is 0 Å². The van der Waals surface area contributed by atoms with Crippen molar-refractivity contribution in [1.82, 2.24) is 9.97 Å². The summed E-state index contributed by atoms with van der Waals surface area (Å²) < 4.78 is 5.58. The van der Waals surface area contributed by atoms with Crippen molar-refractivity contribution in [3.05, 3.63) is 12.4 Å². The molecule has 1 aromatic rings. The molecule has 1 aromatic heterocycles. The summed E-state index contributed by atoms with van der Waals surface area (Å²) in [6, 6.07) is 0.255. The Bertz CT molecular complexity index is 308. The smallest absolute Gasteiger partial charge is 0.144 e. The van der Waals surface area contributed by atoms with Crippen LogP contribution in [0.25, 0.3) is 0 Å². The minimum Gasteiger partial charge on any atom is -0.382 e. The van der Waals surface area contributed by atoms with Gasteiger partial charge in [0.25, 0.3) is 0 Å². The standard InChI is InChI=1S/C10H16N4O/c1-7(8-3-2-4-15-8)14-10-6-12-9(11)5-13-10/h5-8H,2-4H2,1H3,(H2,11,12)(H,13,14). The molecule has 5 nitrogen and oxygen atoms in total. The Morgan fingerprint density at radius 1 is 1.53 bits per heavy atom. The highest BCUT2D eigenvalue weighted by molar-refractivity contribution is 5.37. The maximum Gasteiger partial charge on any atom is 0.144 e. The van der Waals surface area contributed by atoms with Gasteiger partial charge in [-0.25, -0.2) is 9.97 Å². The third-order valence-corrected chi connectivity index (χ3v) is 2.57. The topological polar surface area (TPSA) is 73.1 Å². The number of nitrogens with zero attached hydrogens (tertiary/aromatic N) is 2. The first-order valence-corrected chi connectivity index (χ1v) is 5.21. The average molecular weight is 208 g/mol. The van der Waals surface area contributed by atoms with Gasteiger partial charge in [0, 0.05) is 6.61 Å². The van der Waals surface area contributed by atoms with Crippen molar-refractivity contribution in [2.24, 2.45) is 0 Å². The van der Waals surface area contributed by atoms with E-state index in [-0.39, 0.29) is 12.1 Å². The minimum atomic E-state index is 0.255. The van der Waals surface area contributed by atoms with Crippen molar-refractivity contribution in [3.8, 4) is 0 Å². The van der Waals surface area contributed by atoms with Gasteiger partial charge in [-0.05, 0) is 19.8 Å². The number of hydrogen-bond acceptors (Lipinski definition) is 5. The van der Waals surface area contributed by atoms with Gasteiger partial charge < -0.3 is 15.8 Å². The Morgan fingerprint density at radius 2 is 2.40 bits per heavy atom. The lowest BCUT2D eigenvalue weighted by atomic mass is 10.1. The quantitative estimate of drug-likeness (QED) is 0.776. The van der Waals surface area contributed by atoms with Crippen molar-refractivity contribution >= 4 is 11.6 Å². The Labute approximate surface area is 89.1 Å². The summed E-state index contributed by atoms with van der Waals surface area (Å²) in [7, 11) is 0. The predicted octanol–water partition coefficient (Wildman–Crippen LogP) is 1.04. The monoisotopic (exact) mass is 208 g/mol. The molecule has 0 aliphatic carbocycles. The summed E-state index contributed by atoms with van der Waals surface area (Å²) in [6.45, 7) is 2.96. The molecule has 1 aliphatic rings. The van der Waals surface area contributed by atoms with Crippen LogP contribution in [0.3, 0.4) is 0 Å². The molecule has 3 N–H and O–H groups in total. The van der Waals surface area contributed by atoms with Crippen molar-refractivity contribution in [2.75, 3.05) is 17.7 Å². The fraction of sp³-hybridized carbons (Fsp3) is 0.600. The summed E-state index contributed by atoms with van der Waals surface area (Å²) >= 11 is 0. The Balaban J connectivity index is 1.92. The molecular formula is C10H16N4O. The van der Waals surface area contributed by atoms with Crippen LogP contribution in [-0.4, -0.2) is 28.7 Å². The SMILES string of the molecule is CC(Nc1cnc(N)cn1)C1CCCO1. The van der Waals surface area contributed by atoms with Gasteiger partial charge in [-0.15, -0.1) is 0 Å². The van der Waals surface area contributed by atoms with Gasteiger partial charge >= 0.3 is 0 Å². The molecule has 1 saturated heterocycles. The third kappa shape index (κ3) is 2.56. The maximum absolute atomic E-state index is 5.58. The second kappa shape index (κ2) is 4.44. The second-order valence-corrected chi connectivity index (χ2v) is 3.81. The first-order valence-electron chi connectivity index (χ1n) is 5.21. The van der Waals surface area contributed by atoms with Crippen molar-refractivity contribution in [1.29, 1.82) is 0 Å². The van der Waals surface area contributed by atoms with Gasteiger partial charge in [0.15, 0.2) is 0 Å². The number of hydrogen-bond donors (Lipinski definition) is 2. The molecule has 1 fully saturated rings. The van der Waals surface area contributed by atoms with E-state index in [1.54, 1.807) is 12.4 Å². The Hall–Kier alpha value is -1.36. The van der Waals surface area contributed by atoms with Gasteiger partial charge in [0.1, 0.15) is 11.6 Å². The van der Waals surface area contributed by atoms with Crippen LogP contribution >= 0.6 is 0 Å². The molecular weight excluding hydrogens is 192 g/mol. The highest BCUT2D eigenvalue weighted by Crippen LogP contribution is 2.17. The van der Waals surface area contributed by atoms with Crippen LogP contribution in [0.2, 0.25) is 0 Å². The Morgan fingerprint density at radius 3 is 3.00 bits per heavy atom. The molecule has 0 bridgehead atoms. The predicted molar refractivity (Wildman–Crippen MR) is 58.5 cm³/mol. The number of nitrogens with two attached hydrogens (primary N) is 1. The number of ether oxygens (including phenoxy) is 1. The van der Waals surface area contributed by atoms with Gasteiger partial charge in [0.05, 0.1) is 24.5 Å². The van der Waals surface area contributed by atoms with Crippen LogP contribution in [0.1, 0.15) is 19.8 Å². The molecule has 2 unspecified atom stereocenters. The van der Waals surface area contributed by atoms with E-state index in [4.69, 9.17) is 10.5 Å². The fourth-order valence-corrected chi connectivity index (χ4v) is 1.74. The molecule has 0 saturated carbocycles. The lowest BCUT2D eigenvalue weighted by Crippen LogP contribution is -2.30. The zero-order chi connectivity index (χ0) is 10.7. The number of nitrogen functional groups attached to an aromatic ring is 1. The minimum absolute atomic E-state index is 0.255. The molecule has 82 valence electrons. The summed E-state index contributed by atoms with van der Waals surface area (Å²) in [4.78, 5) is 8.11. The van der Waals surface area contributed by atoms with Gasteiger partial charge in [-0.2, -0.15) is 0 Å². The van der Waals surface area contributed by atoms with Gasteiger partial charge in [0.2, 0.25) is 0 Å². The lowest BCUT2D eigenvalue weighted by molar-refractivity contribution is 0.0995. The molecule has 0 spiro atoms. The normalized spacial score (nSPS) is 22.6. The molecule has 2 heterocycles. The van der Waals surface area contributed by atoms with Crippen LogP contribution in [0.15, 0.2) is 12.4 Å². The molecule has 0 radical (unpaired) electrons. The van der Waals surface area contributed by atoms with Crippen molar-refractivity contribution < 1.29 is 4.74 Å². The Kier molecular flexibility index (Phi) is 3.01. The van der Waals surface area contributed by atoms with Crippen LogP contribution in [-0.2, 0) is 4.74 Å². The fourth-order valence-electron chi connectivity index (χ4n) is 1.74. The molecule has 5 heteroatoms. The number of nitrogens with one attached hydrogen (secondary N) is 1. The largest absolute Gasteiger partial charge is 0.382 e. The number of anilines is 2. The van der Waals surface area contributed by atoms with E-state index in [1.165, 1.54) is 0 Å². The van der Waals surface area contributed by atoms with E-state index in [2.05, 4.69) is 22.2 Å². The first kappa shape index (κ1) is 10.2. The molecule has 0 amide bonds. The second-order valence-electron chi connectivity index (χ2n) is 3.81. The van der Waals surface area contributed by atoms with E-state index >= 15 is 0 Å². The maximum atomic E-state index is 5.58. The zero-order valence-electron chi connectivity index (χ0n) is 8.81. The molecule has 2 rings (SSSR count). The first-order chi connectivity index (χ1) is 7.25. The summed E-state index contributed by atoms with van der Waals surface area (Å²) in [5, 5.41) is 3.26. The van der Waals surface area contributed by atoms with Crippen molar-refractivity contribution in [2.45, 2.75) is 31.9 Å². The molecule has 0 aromatic carbocycles. The van der Waals surface area contributed by atoms with E-state index in [1.807, 2.05) is 0 Å². The van der Waals surface area contributed by atoms with Crippen LogP contribution in [0, 0.1) is 0 Å². The van der Waals surface area contributed by atoms with E-state index in [0.717, 1.165) is 25.3 Å². The average Bonchev–Trinajstić information content (AvgIpc) is 2.74. The lowest BCUT2D eigenvalue weighted by Gasteiger charge is -2.20. The number of rotatable bonds is 3. The number of aromatic nitrogens is 2. The molecule has 15 heavy (non-hydrogen) atoms. The molecule has 1 aliphatic heterocycles.